The van der Waals surface area contributed by atoms with Crippen molar-refractivity contribution in [1.29, 1.82) is 0 Å². The monoisotopic (exact) mass is 294 g/mol. The molecule has 1 aromatic rings. The third kappa shape index (κ3) is 2.33. The highest BCUT2D eigenvalue weighted by atomic mass is 16.7. The van der Waals surface area contributed by atoms with Crippen LogP contribution in [-0.4, -0.2) is 55.9 Å². The molecule has 4 rings (SSSR count). The lowest BCUT2D eigenvalue weighted by molar-refractivity contribution is -0.283. The van der Waals surface area contributed by atoms with Crippen molar-refractivity contribution in [2.45, 2.75) is 36.8 Å². The fourth-order valence-electron chi connectivity index (χ4n) is 3.04. The van der Waals surface area contributed by atoms with E-state index in [2.05, 4.69) is 0 Å². The molecule has 3 fully saturated rings. The van der Waals surface area contributed by atoms with Crippen LogP contribution in [0.5, 0.6) is 5.75 Å². The van der Waals surface area contributed by atoms with Crippen LogP contribution in [0.3, 0.4) is 0 Å². The van der Waals surface area contributed by atoms with Crippen LogP contribution < -0.4 is 4.74 Å². The second-order valence-electron chi connectivity index (χ2n) is 5.50. The molecule has 1 unspecified atom stereocenters. The van der Waals surface area contributed by atoms with Crippen molar-refractivity contribution in [1.82, 2.24) is 0 Å². The summed E-state index contributed by atoms with van der Waals surface area (Å²) < 4.78 is 28.2. The lowest BCUT2D eigenvalue weighted by Gasteiger charge is -2.39. The fraction of sp³-hybridized carbons (Fsp3) is 0.600. The van der Waals surface area contributed by atoms with E-state index in [0.717, 1.165) is 11.3 Å². The highest BCUT2D eigenvalue weighted by Crippen LogP contribution is 2.43. The fourth-order valence-corrected chi connectivity index (χ4v) is 3.04. The number of aliphatic hydroxyl groups is 1. The number of hydrogen-bond donors (Lipinski definition) is 1. The third-order valence-electron chi connectivity index (χ3n) is 4.23. The summed E-state index contributed by atoms with van der Waals surface area (Å²) >= 11 is 0. The van der Waals surface area contributed by atoms with Gasteiger partial charge in [-0.25, -0.2) is 0 Å². The summed E-state index contributed by atoms with van der Waals surface area (Å²) in [4.78, 5) is 0. The minimum absolute atomic E-state index is 0.00514. The van der Waals surface area contributed by atoms with Crippen LogP contribution in [0.25, 0.3) is 0 Å². The van der Waals surface area contributed by atoms with E-state index < -0.39 is 6.29 Å². The van der Waals surface area contributed by atoms with E-state index in [-0.39, 0.29) is 37.1 Å². The van der Waals surface area contributed by atoms with Gasteiger partial charge >= 0.3 is 0 Å². The summed E-state index contributed by atoms with van der Waals surface area (Å²) in [5, 5.41) is 9.26. The molecule has 0 aliphatic carbocycles. The topological polar surface area (TPSA) is 69.7 Å². The molecule has 21 heavy (non-hydrogen) atoms. The molecule has 1 N–H and O–H groups in total. The van der Waals surface area contributed by atoms with E-state index >= 15 is 0 Å². The summed E-state index contributed by atoms with van der Waals surface area (Å²) in [5.74, 6) is 0.796. The molecule has 0 saturated carbocycles. The average Bonchev–Trinajstić information content (AvgIpc) is 3.34. The Balaban J connectivity index is 1.47. The van der Waals surface area contributed by atoms with Gasteiger partial charge in [-0.2, -0.15) is 0 Å². The first-order valence-electron chi connectivity index (χ1n) is 7.13. The molecule has 6 heteroatoms. The largest absolute Gasteiger partial charge is 0.497 e. The van der Waals surface area contributed by atoms with Crippen molar-refractivity contribution >= 4 is 0 Å². The molecule has 0 aromatic heterocycles. The number of hydrogen-bond acceptors (Lipinski definition) is 6. The zero-order chi connectivity index (χ0) is 14.4. The van der Waals surface area contributed by atoms with Gasteiger partial charge in [-0.1, -0.05) is 12.1 Å². The number of rotatable bonds is 3. The molecular weight excluding hydrogens is 276 g/mol. The quantitative estimate of drug-likeness (QED) is 0.825. The smallest absolute Gasteiger partial charge is 0.184 e. The Morgan fingerprint density at radius 2 is 1.90 bits per heavy atom. The van der Waals surface area contributed by atoms with Crippen molar-refractivity contribution in [3.8, 4) is 5.75 Å². The predicted molar refractivity (Wildman–Crippen MR) is 71.0 cm³/mol. The molecular formula is C15H18O6. The Morgan fingerprint density at radius 3 is 2.62 bits per heavy atom. The van der Waals surface area contributed by atoms with Crippen LogP contribution in [0, 0.1) is 0 Å². The predicted octanol–water partition coefficient (Wildman–Crippen LogP) is 0.636. The van der Waals surface area contributed by atoms with Gasteiger partial charge in [-0.3, -0.25) is 0 Å². The Hall–Kier alpha value is -1.18. The lowest BCUT2D eigenvalue weighted by atomic mass is 10.0. The standard InChI is InChI=1S/C15H18O6/c1-17-9-4-2-8(3-5-9)15-18-7-11-13(21-15)14-12(20-14)10(6-16)19-11/h2-5,10-16H,6-7H2,1H3/t10-,11-,12+,13-,14+,15?/m1/s1. The molecule has 3 saturated heterocycles. The zero-order valence-corrected chi connectivity index (χ0v) is 11.7. The SMILES string of the molecule is COc1ccc(C2OC[C@H]3O[C@H](CO)[C@@H]4O[C@@H]4[C@@H]3O2)cc1. The van der Waals surface area contributed by atoms with Crippen LogP contribution in [0.1, 0.15) is 11.9 Å². The summed E-state index contributed by atoms with van der Waals surface area (Å²) in [6.07, 6.45) is -1.05. The van der Waals surface area contributed by atoms with Gasteiger partial charge in [-0.05, 0) is 12.1 Å². The number of epoxide rings is 1. The minimum atomic E-state index is -0.420. The Labute approximate surface area is 122 Å². The van der Waals surface area contributed by atoms with Gasteiger partial charge in [-0.15, -0.1) is 0 Å². The van der Waals surface area contributed by atoms with Gasteiger partial charge in [0.05, 0.1) is 20.3 Å². The van der Waals surface area contributed by atoms with Gasteiger partial charge < -0.3 is 28.8 Å². The first kappa shape index (κ1) is 13.5. The second-order valence-corrected chi connectivity index (χ2v) is 5.50. The summed E-state index contributed by atoms with van der Waals surface area (Å²) in [6, 6.07) is 7.61. The van der Waals surface area contributed by atoms with Crippen LogP contribution in [0.15, 0.2) is 24.3 Å². The number of methoxy groups -OCH3 is 1. The van der Waals surface area contributed by atoms with Crippen LogP contribution in [0.2, 0.25) is 0 Å². The maximum atomic E-state index is 9.26. The molecule has 6 nitrogen and oxygen atoms in total. The number of aliphatic hydroxyl groups excluding tert-OH is 1. The molecule has 0 radical (unpaired) electrons. The van der Waals surface area contributed by atoms with Crippen molar-refractivity contribution < 1.29 is 28.8 Å². The highest BCUT2D eigenvalue weighted by molar-refractivity contribution is 5.28. The number of benzene rings is 1. The minimum Gasteiger partial charge on any atom is -0.497 e. The molecule has 114 valence electrons. The maximum Gasteiger partial charge on any atom is 0.184 e. The summed E-state index contributed by atoms with van der Waals surface area (Å²) in [6.45, 7) is 0.400. The molecule has 0 amide bonds. The van der Waals surface area contributed by atoms with Crippen LogP contribution >= 0.6 is 0 Å². The summed E-state index contributed by atoms with van der Waals surface area (Å²) in [5.41, 5.74) is 0.940. The van der Waals surface area contributed by atoms with Crippen molar-refractivity contribution in [3.63, 3.8) is 0 Å². The van der Waals surface area contributed by atoms with Gasteiger partial charge in [0.1, 0.15) is 36.3 Å². The van der Waals surface area contributed by atoms with E-state index in [9.17, 15) is 5.11 Å². The number of fused-ring (bicyclic) bond motifs is 3. The Morgan fingerprint density at radius 1 is 1.10 bits per heavy atom. The molecule has 0 bridgehead atoms. The Bertz CT molecular complexity index is 503. The normalized spacial score (nSPS) is 41.0. The molecule has 1 aromatic carbocycles. The van der Waals surface area contributed by atoms with Crippen LogP contribution in [-0.2, 0) is 18.9 Å². The molecule has 3 aliphatic heterocycles. The Kier molecular flexibility index (Phi) is 3.35. The van der Waals surface area contributed by atoms with Crippen molar-refractivity contribution in [3.05, 3.63) is 29.8 Å². The number of ether oxygens (including phenoxy) is 5. The van der Waals surface area contributed by atoms with E-state index in [1.165, 1.54) is 0 Å². The van der Waals surface area contributed by atoms with Crippen LogP contribution in [0.4, 0.5) is 0 Å². The summed E-state index contributed by atoms with van der Waals surface area (Å²) in [7, 11) is 1.63. The lowest BCUT2D eigenvalue weighted by Crippen LogP contribution is -2.53. The molecule has 3 aliphatic rings. The average molecular weight is 294 g/mol. The van der Waals surface area contributed by atoms with E-state index in [0.29, 0.717) is 6.61 Å². The highest BCUT2D eigenvalue weighted by Gasteiger charge is 2.59. The van der Waals surface area contributed by atoms with E-state index in [1.807, 2.05) is 24.3 Å². The zero-order valence-electron chi connectivity index (χ0n) is 11.7. The molecule has 3 heterocycles. The van der Waals surface area contributed by atoms with Gasteiger partial charge in [0.25, 0.3) is 0 Å². The van der Waals surface area contributed by atoms with Gasteiger partial charge in [0.15, 0.2) is 6.29 Å². The maximum absolute atomic E-state index is 9.26. The second kappa shape index (κ2) is 5.23. The van der Waals surface area contributed by atoms with Crippen molar-refractivity contribution in [2.75, 3.05) is 20.3 Å². The van der Waals surface area contributed by atoms with E-state index in [4.69, 9.17) is 23.7 Å². The first-order chi connectivity index (χ1) is 10.3. The molecule has 6 atom stereocenters. The van der Waals surface area contributed by atoms with E-state index in [1.54, 1.807) is 7.11 Å². The first-order valence-corrected chi connectivity index (χ1v) is 7.13. The third-order valence-corrected chi connectivity index (χ3v) is 4.23. The van der Waals surface area contributed by atoms with Gasteiger partial charge in [0.2, 0.25) is 0 Å². The van der Waals surface area contributed by atoms with Gasteiger partial charge in [0, 0.05) is 5.56 Å². The van der Waals surface area contributed by atoms with Crippen molar-refractivity contribution in [2.24, 2.45) is 0 Å². The molecule has 0 spiro atoms.